The second-order valence-electron chi connectivity index (χ2n) is 6.46. The highest BCUT2D eigenvalue weighted by atomic mass is 127. The van der Waals surface area contributed by atoms with Crippen molar-refractivity contribution in [2.75, 3.05) is 53.4 Å². The fraction of sp³-hybridized carbons (Fsp3) is 0.688. The van der Waals surface area contributed by atoms with Gasteiger partial charge >= 0.3 is 6.18 Å². The van der Waals surface area contributed by atoms with Crippen LogP contribution >= 0.6 is 24.0 Å². The summed E-state index contributed by atoms with van der Waals surface area (Å²) in [6, 6.07) is 1.90. The lowest BCUT2D eigenvalue weighted by molar-refractivity contribution is -0.157. The highest BCUT2D eigenvalue weighted by Crippen LogP contribution is 2.15. The molecule has 8 nitrogen and oxygen atoms in total. The molecular formula is C16H26F3IN6O2. The molecule has 1 fully saturated rings. The number of halogens is 4. The van der Waals surface area contributed by atoms with Crippen LogP contribution in [-0.2, 0) is 11.3 Å². The third kappa shape index (κ3) is 7.81. The molecule has 2 heterocycles. The molecule has 0 aliphatic carbocycles. The Hall–Kier alpha value is -1.57. The van der Waals surface area contributed by atoms with Gasteiger partial charge < -0.3 is 19.6 Å². The van der Waals surface area contributed by atoms with Crippen molar-refractivity contribution in [2.24, 2.45) is 4.99 Å². The van der Waals surface area contributed by atoms with Gasteiger partial charge in [-0.1, -0.05) is 5.16 Å². The molecule has 1 N–H and O–H groups in total. The topological polar surface area (TPSA) is 77.2 Å². The molecule has 0 atom stereocenters. The first-order chi connectivity index (χ1) is 12.7. The second-order valence-corrected chi connectivity index (χ2v) is 6.46. The first-order valence-electron chi connectivity index (χ1n) is 8.59. The van der Waals surface area contributed by atoms with Gasteiger partial charge in [-0.05, 0) is 6.92 Å². The van der Waals surface area contributed by atoms with E-state index < -0.39 is 18.6 Å². The maximum atomic E-state index is 12.4. The summed E-state index contributed by atoms with van der Waals surface area (Å²) in [7, 11) is 2.71. The fourth-order valence-corrected chi connectivity index (χ4v) is 2.82. The highest BCUT2D eigenvalue weighted by Gasteiger charge is 2.31. The number of alkyl halides is 3. The summed E-state index contributed by atoms with van der Waals surface area (Å²) in [5.41, 5.74) is 0.877. The number of hydrogen-bond acceptors (Lipinski definition) is 5. The van der Waals surface area contributed by atoms with Crippen LogP contribution < -0.4 is 5.32 Å². The van der Waals surface area contributed by atoms with E-state index in [-0.39, 0.29) is 30.5 Å². The number of nitrogens with zero attached hydrogens (tertiary/aromatic N) is 5. The van der Waals surface area contributed by atoms with Gasteiger partial charge in [0.2, 0.25) is 5.91 Å². The zero-order valence-electron chi connectivity index (χ0n) is 16.1. The van der Waals surface area contributed by atoms with Crippen molar-refractivity contribution in [3.8, 4) is 0 Å². The number of aromatic nitrogens is 1. The van der Waals surface area contributed by atoms with E-state index in [0.717, 1.165) is 31.6 Å². The number of hydrogen-bond donors (Lipinski definition) is 1. The van der Waals surface area contributed by atoms with Gasteiger partial charge in [-0.3, -0.25) is 14.7 Å². The summed E-state index contributed by atoms with van der Waals surface area (Å²) >= 11 is 0. The van der Waals surface area contributed by atoms with E-state index in [2.05, 4.69) is 20.4 Å². The lowest BCUT2D eigenvalue weighted by Crippen LogP contribution is -2.53. The van der Waals surface area contributed by atoms with E-state index in [9.17, 15) is 18.0 Å². The summed E-state index contributed by atoms with van der Waals surface area (Å²) in [4.78, 5) is 20.8. The van der Waals surface area contributed by atoms with Crippen molar-refractivity contribution in [1.29, 1.82) is 0 Å². The fourth-order valence-electron chi connectivity index (χ4n) is 2.82. The van der Waals surface area contributed by atoms with E-state index in [1.165, 1.54) is 0 Å². The molecule has 0 saturated carbocycles. The van der Waals surface area contributed by atoms with E-state index in [0.29, 0.717) is 30.5 Å². The molecule has 2 rings (SSSR count). The molecule has 1 aliphatic rings. The van der Waals surface area contributed by atoms with Crippen LogP contribution in [0.2, 0.25) is 0 Å². The SMILES string of the molecule is CN=C(NCC(=O)N(C)CC(F)(F)F)N1CCN(Cc2cc(C)on2)CC1.I. The third-order valence-electron chi connectivity index (χ3n) is 4.19. The Bertz CT molecular complexity index is 659. The summed E-state index contributed by atoms with van der Waals surface area (Å²) in [5.74, 6) is 0.627. The number of aryl methyl sites for hydroxylation is 1. The number of piperazine rings is 1. The minimum absolute atomic E-state index is 0. The molecule has 0 radical (unpaired) electrons. The van der Waals surface area contributed by atoms with Gasteiger partial charge in [-0.2, -0.15) is 13.2 Å². The van der Waals surface area contributed by atoms with Crippen LogP contribution in [0.1, 0.15) is 11.5 Å². The summed E-state index contributed by atoms with van der Waals surface area (Å²) in [6.07, 6.45) is -4.41. The molecule has 0 bridgehead atoms. The first kappa shape index (κ1) is 24.5. The van der Waals surface area contributed by atoms with Gasteiger partial charge in [0.15, 0.2) is 5.96 Å². The zero-order valence-corrected chi connectivity index (χ0v) is 18.5. The van der Waals surface area contributed by atoms with Crippen LogP contribution in [0.3, 0.4) is 0 Å². The third-order valence-corrected chi connectivity index (χ3v) is 4.19. The monoisotopic (exact) mass is 518 g/mol. The molecule has 160 valence electrons. The number of likely N-dealkylation sites (N-methyl/N-ethyl adjacent to an activating group) is 1. The van der Waals surface area contributed by atoms with Gasteiger partial charge in [0.1, 0.15) is 12.3 Å². The molecule has 12 heteroatoms. The van der Waals surface area contributed by atoms with Crippen LogP contribution in [0, 0.1) is 6.92 Å². The van der Waals surface area contributed by atoms with Crippen LogP contribution in [0.5, 0.6) is 0 Å². The molecule has 1 aromatic rings. The Morgan fingerprint density at radius 3 is 2.50 bits per heavy atom. The van der Waals surface area contributed by atoms with Crippen molar-refractivity contribution < 1.29 is 22.5 Å². The van der Waals surface area contributed by atoms with Crippen molar-refractivity contribution in [2.45, 2.75) is 19.6 Å². The minimum Gasteiger partial charge on any atom is -0.361 e. The Kier molecular flexibility index (Phi) is 9.47. The van der Waals surface area contributed by atoms with Crippen molar-refractivity contribution in [3.05, 3.63) is 17.5 Å². The number of amides is 1. The largest absolute Gasteiger partial charge is 0.406 e. The van der Waals surface area contributed by atoms with Crippen LogP contribution in [-0.4, -0.2) is 91.3 Å². The van der Waals surface area contributed by atoms with Crippen LogP contribution in [0.25, 0.3) is 0 Å². The van der Waals surface area contributed by atoms with Gasteiger partial charge in [-0.25, -0.2) is 0 Å². The smallest absolute Gasteiger partial charge is 0.361 e. The molecule has 1 saturated heterocycles. The number of aliphatic imine (C=N–C) groups is 1. The molecule has 1 aliphatic heterocycles. The standard InChI is InChI=1S/C16H25F3N6O2.HI/c1-12-8-13(22-27-12)10-24-4-6-25(7-5-24)15(20-2)21-9-14(26)23(3)11-16(17,18)19;/h8H,4-7,9-11H2,1-3H3,(H,20,21);1H. The zero-order chi connectivity index (χ0) is 20.0. The number of nitrogens with one attached hydrogen (secondary N) is 1. The maximum Gasteiger partial charge on any atom is 0.406 e. The molecule has 0 aromatic carbocycles. The van der Waals surface area contributed by atoms with E-state index in [1.807, 2.05) is 17.9 Å². The lowest BCUT2D eigenvalue weighted by Gasteiger charge is -2.36. The highest BCUT2D eigenvalue weighted by molar-refractivity contribution is 14.0. The summed E-state index contributed by atoms with van der Waals surface area (Å²) in [5, 5.41) is 6.83. The first-order valence-corrected chi connectivity index (χ1v) is 8.59. The predicted molar refractivity (Wildman–Crippen MR) is 109 cm³/mol. The maximum absolute atomic E-state index is 12.4. The average Bonchev–Trinajstić information content (AvgIpc) is 3.00. The molecule has 0 spiro atoms. The Morgan fingerprint density at radius 1 is 1.36 bits per heavy atom. The molecule has 28 heavy (non-hydrogen) atoms. The van der Waals surface area contributed by atoms with Crippen LogP contribution in [0.15, 0.2) is 15.6 Å². The second kappa shape index (κ2) is 10.8. The molecular weight excluding hydrogens is 492 g/mol. The van der Waals surface area contributed by atoms with Crippen molar-refractivity contribution in [3.63, 3.8) is 0 Å². The van der Waals surface area contributed by atoms with Gasteiger partial charge in [0, 0.05) is 52.9 Å². The van der Waals surface area contributed by atoms with Crippen molar-refractivity contribution >= 4 is 35.8 Å². The number of carbonyl (C=O) groups is 1. The molecule has 1 amide bonds. The predicted octanol–water partition coefficient (Wildman–Crippen LogP) is 1.31. The van der Waals surface area contributed by atoms with E-state index in [4.69, 9.17) is 4.52 Å². The Balaban J connectivity index is 0.00000392. The average molecular weight is 518 g/mol. The van der Waals surface area contributed by atoms with Gasteiger partial charge in [0.25, 0.3) is 0 Å². The lowest BCUT2D eigenvalue weighted by atomic mass is 10.3. The summed E-state index contributed by atoms with van der Waals surface area (Å²) in [6.45, 7) is 3.94. The Labute approximate surface area is 179 Å². The molecule has 0 unspecified atom stereocenters. The number of guanidine groups is 1. The van der Waals surface area contributed by atoms with Crippen molar-refractivity contribution in [1.82, 2.24) is 25.2 Å². The van der Waals surface area contributed by atoms with E-state index in [1.54, 1.807) is 7.05 Å². The normalized spacial score (nSPS) is 15.9. The minimum atomic E-state index is -4.41. The van der Waals surface area contributed by atoms with E-state index >= 15 is 0 Å². The summed E-state index contributed by atoms with van der Waals surface area (Å²) < 4.78 is 42.1. The number of carbonyl (C=O) groups excluding carboxylic acids is 1. The number of rotatable bonds is 5. The molecule has 1 aromatic heterocycles. The Morgan fingerprint density at radius 2 is 2.00 bits per heavy atom. The quantitative estimate of drug-likeness (QED) is 0.360. The van der Waals surface area contributed by atoms with Gasteiger partial charge in [-0.15, -0.1) is 24.0 Å². The van der Waals surface area contributed by atoms with Gasteiger partial charge in [0.05, 0.1) is 12.2 Å². The van der Waals surface area contributed by atoms with Crippen LogP contribution in [0.4, 0.5) is 13.2 Å².